The molecule has 0 amide bonds. The standard InChI is InChI=1S/C11H18N2O2/c1-14-5-4-11(2-3-11)8-12-6-10-7-13-9-15-10/h7,9,12H,2-6,8H2,1H3. The van der Waals surface area contributed by atoms with Crippen LogP contribution in [0.1, 0.15) is 25.0 Å². The highest BCUT2D eigenvalue weighted by Gasteiger charge is 2.41. The molecule has 2 rings (SSSR count). The van der Waals surface area contributed by atoms with Crippen molar-refractivity contribution in [1.29, 1.82) is 0 Å². The van der Waals surface area contributed by atoms with Gasteiger partial charge in [0, 0.05) is 20.3 Å². The second-order valence-corrected chi connectivity index (χ2v) is 4.31. The largest absolute Gasteiger partial charge is 0.447 e. The molecule has 0 spiro atoms. The predicted octanol–water partition coefficient (Wildman–Crippen LogP) is 1.58. The van der Waals surface area contributed by atoms with Crippen LogP contribution in [0, 0.1) is 5.41 Å². The number of nitrogens with zero attached hydrogens (tertiary/aromatic N) is 1. The Morgan fingerprint density at radius 1 is 1.60 bits per heavy atom. The molecule has 15 heavy (non-hydrogen) atoms. The molecule has 0 saturated heterocycles. The molecule has 1 heterocycles. The number of hydrogen-bond acceptors (Lipinski definition) is 4. The lowest BCUT2D eigenvalue weighted by molar-refractivity contribution is 0.171. The normalized spacial score (nSPS) is 17.9. The van der Waals surface area contributed by atoms with Crippen molar-refractivity contribution < 1.29 is 9.15 Å². The molecule has 0 aliphatic heterocycles. The van der Waals surface area contributed by atoms with E-state index in [2.05, 4.69) is 10.3 Å². The number of nitrogens with one attached hydrogen (secondary N) is 1. The van der Waals surface area contributed by atoms with Crippen molar-refractivity contribution in [1.82, 2.24) is 10.3 Å². The molecule has 0 radical (unpaired) electrons. The van der Waals surface area contributed by atoms with Crippen LogP contribution in [0.3, 0.4) is 0 Å². The van der Waals surface area contributed by atoms with Crippen molar-refractivity contribution in [2.24, 2.45) is 5.41 Å². The Kier molecular flexibility index (Phi) is 3.38. The summed E-state index contributed by atoms with van der Waals surface area (Å²) in [7, 11) is 1.76. The van der Waals surface area contributed by atoms with E-state index in [9.17, 15) is 0 Å². The summed E-state index contributed by atoms with van der Waals surface area (Å²) in [6, 6.07) is 0. The van der Waals surface area contributed by atoms with Crippen LogP contribution < -0.4 is 5.32 Å². The van der Waals surface area contributed by atoms with Gasteiger partial charge in [0.05, 0.1) is 12.7 Å². The van der Waals surface area contributed by atoms with Gasteiger partial charge in [-0.1, -0.05) is 0 Å². The maximum absolute atomic E-state index is 5.15. The van der Waals surface area contributed by atoms with E-state index in [1.165, 1.54) is 19.2 Å². The third-order valence-electron chi connectivity index (χ3n) is 3.08. The molecule has 0 aromatic carbocycles. The number of aromatic nitrogens is 1. The molecule has 1 saturated carbocycles. The lowest BCUT2D eigenvalue weighted by atomic mass is 10.0. The second kappa shape index (κ2) is 4.77. The van der Waals surface area contributed by atoms with Gasteiger partial charge in [-0.25, -0.2) is 4.98 Å². The summed E-state index contributed by atoms with van der Waals surface area (Å²) in [5.74, 6) is 0.901. The molecule has 1 N–H and O–H groups in total. The first-order valence-electron chi connectivity index (χ1n) is 5.42. The minimum absolute atomic E-state index is 0.496. The third-order valence-corrected chi connectivity index (χ3v) is 3.08. The van der Waals surface area contributed by atoms with Gasteiger partial charge in [0.25, 0.3) is 0 Å². The summed E-state index contributed by atoms with van der Waals surface area (Å²) >= 11 is 0. The number of ether oxygens (including phenoxy) is 1. The van der Waals surface area contributed by atoms with Crippen LogP contribution in [0.2, 0.25) is 0 Å². The van der Waals surface area contributed by atoms with Gasteiger partial charge in [-0.15, -0.1) is 0 Å². The first-order valence-corrected chi connectivity index (χ1v) is 5.42. The minimum Gasteiger partial charge on any atom is -0.447 e. The van der Waals surface area contributed by atoms with Crippen LogP contribution in [-0.2, 0) is 11.3 Å². The van der Waals surface area contributed by atoms with Crippen molar-refractivity contribution in [2.45, 2.75) is 25.8 Å². The lowest BCUT2D eigenvalue weighted by Gasteiger charge is -2.14. The molecule has 0 bridgehead atoms. The van der Waals surface area contributed by atoms with Crippen LogP contribution in [0.25, 0.3) is 0 Å². The molecule has 4 nitrogen and oxygen atoms in total. The summed E-state index contributed by atoms with van der Waals surface area (Å²) in [5, 5.41) is 3.41. The molecule has 1 aromatic rings. The van der Waals surface area contributed by atoms with Gasteiger partial charge in [0.15, 0.2) is 6.39 Å². The highest BCUT2D eigenvalue weighted by molar-refractivity contribution is 4.96. The fraction of sp³-hybridized carbons (Fsp3) is 0.727. The average molecular weight is 210 g/mol. The Morgan fingerprint density at radius 2 is 2.47 bits per heavy atom. The summed E-state index contributed by atoms with van der Waals surface area (Å²) in [6.45, 7) is 2.69. The van der Waals surface area contributed by atoms with E-state index in [-0.39, 0.29) is 0 Å². The maximum atomic E-state index is 5.15. The fourth-order valence-electron chi connectivity index (χ4n) is 1.79. The molecule has 1 aromatic heterocycles. The fourth-order valence-corrected chi connectivity index (χ4v) is 1.79. The van der Waals surface area contributed by atoms with E-state index in [4.69, 9.17) is 9.15 Å². The van der Waals surface area contributed by atoms with Crippen molar-refractivity contribution in [3.63, 3.8) is 0 Å². The van der Waals surface area contributed by atoms with E-state index in [1.807, 2.05) is 0 Å². The van der Waals surface area contributed by atoms with Crippen molar-refractivity contribution in [3.05, 3.63) is 18.4 Å². The van der Waals surface area contributed by atoms with Crippen LogP contribution in [-0.4, -0.2) is 25.2 Å². The summed E-state index contributed by atoms with van der Waals surface area (Å²) in [5.41, 5.74) is 0.496. The van der Waals surface area contributed by atoms with E-state index < -0.39 is 0 Å². The monoisotopic (exact) mass is 210 g/mol. The average Bonchev–Trinajstić information content (AvgIpc) is 2.81. The molecular weight excluding hydrogens is 192 g/mol. The van der Waals surface area contributed by atoms with Crippen LogP contribution in [0.5, 0.6) is 0 Å². The molecule has 0 atom stereocenters. The first-order chi connectivity index (χ1) is 7.35. The van der Waals surface area contributed by atoms with Crippen molar-refractivity contribution in [3.8, 4) is 0 Å². The van der Waals surface area contributed by atoms with Crippen molar-refractivity contribution in [2.75, 3.05) is 20.3 Å². The van der Waals surface area contributed by atoms with Gasteiger partial charge in [0.2, 0.25) is 0 Å². The SMILES string of the molecule is COCCC1(CNCc2cnco2)CC1. The van der Waals surface area contributed by atoms with Crippen LogP contribution in [0.4, 0.5) is 0 Å². The molecule has 0 unspecified atom stereocenters. The number of methoxy groups -OCH3 is 1. The number of hydrogen-bond donors (Lipinski definition) is 1. The summed E-state index contributed by atoms with van der Waals surface area (Å²) in [4.78, 5) is 3.88. The predicted molar refractivity (Wildman–Crippen MR) is 56.4 cm³/mol. The van der Waals surface area contributed by atoms with Crippen LogP contribution >= 0.6 is 0 Å². The van der Waals surface area contributed by atoms with E-state index in [0.717, 1.165) is 31.9 Å². The Morgan fingerprint density at radius 3 is 3.07 bits per heavy atom. The van der Waals surface area contributed by atoms with Gasteiger partial charge in [-0.3, -0.25) is 0 Å². The molecule has 1 fully saturated rings. The Balaban J connectivity index is 1.65. The summed E-state index contributed by atoms with van der Waals surface area (Å²) in [6.07, 6.45) is 7.02. The Labute approximate surface area is 90.0 Å². The molecule has 1 aliphatic carbocycles. The van der Waals surface area contributed by atoms with Gasteiger partial charge < -0.3 is 14.5 Å². The Hall–Kier alpha value is -0.870. The molecular formula is C11H18N2O2. The number of rotatable bonds is 7. The summed E-state index contributed by atoms with van der Waals surface area (Å²) < 4.78 is 10.3. The van der Waals surface area contributed by atoms with Gasteiger partial charge in [-0.2, -0.15) is 0 Å². The third kappa shape index (κ3) is 3.04. The van der Waals surface area contributed by atoms with E-state index in [1.54, 1.807) is 13.3 Å². The minimum atomic E-state index is 0.496. The maximum Gasteiger partial charge on any atom is 0.180 e. The van der Waals surface area contributed by atoms with E-state index in [0.29, 0.717) is 5.41 Å². The zero-order valence-corrected chi connectivity index (χ0v) is 9.16. The zero-order chi connectivity index (χ0) is 10.6. The van der Waals surface area contributed by atoms with Crippen LogP contribution in [0.15, 0.2) is 17.0 Å². The first kappa shape index (κ1) is 10.6. The lowest BCUT2D eigenvalue weighted by Crippen LogP contribution is -2.24. The van der Waals surface area contributed by atoms with Gasteiger partial charge in [-0.05, 0) is 24.7 Å². The van der Waals surface area contributed by atoms with Gasteiger partial charge in [0.1, 0.15) is 5.76 Å². The quantitative estimate of drug-likeness (QED) is 0.742. The highest BCUT2D eigenvalue weighted by Crippen LogP contribution is 2.48. The van der Waals surface area contributed by atoms with Gasteiger partial charge >= 0.3 is 0 Å². The molecule has 1 aliphatic rings. The van der Waals surface area contributed by atoms with Crippen molar-refractivity contribution >= 4 is 0 Å². The second-order valence-electron chi connectivity index (χ2n) is 4.31. The zero-order valence-electron chi connectivity index (χ0n) is 9.16. The van der Waals surface area contributed by atoms with E-state index >= 15 is 0 Å². The Bertz CT molecular complexity index is 281. The molecule has 4 heteroatoms. The smallest absolute Gasteiger partial charge is 0.180 e. The molecule has 84 valence electrons. The topological polar surface area (TPSA) is 47.3 Å². The highest BCUT2D eigenvalue weighted by atomic mass is 16.5. The number of oxazole rings is 1.